The Morgan fingerprint density at radius 3 is 2.39 bits per heavy atom. The van der Waals surface area contributed by atoms with Gasteiger partial charge in [-0.25, -0.2) is 0 Å². The lowest BCUT2D eigenvalue weighted by atomic mass is 9.84. The van der Waals surface area contributed by atoms with Gasteiger partial charge in [-0.2, -0.15) is 0 Å². The van der Waals surface area contributed by atoms with Crippen molar-refractivity contribution in [1.82, 2.24) is 0 Å². The second kappa shape index (κ2) is 5.07. The van der Waals surface area contributed by atoms with Gasteiger partial charge in [0, 0.05) is 30.7 Å². The molecule has 0 saturated heterocycles. The lowest BCUT2D eigenvalue weighted by molar-refractivity contribution is -0.223. The summed E-state index contributed by atoms with van der Waals surface area (Å²) in [5.74, 6) is -3.13. The lowest BCUT2D eigenvalue weighted by Crippen LogP contribution is -2.37. The monoisotopic (exact) mass is 320 g/mol. The number of aromatic hydroxyl groups is 2. The predicted molar refractivity (Wildman–Crippen MR) is 77.4 cm³/mol. The number of hydrogen-bond acceptors (Lipinski definition) is 7. The van der Waals surface area contributed by atoms with Crippen LogP contribution in [-0.4, -0.2) is 41.8 Å². The first-order valence-electron chi connectivity index (χ1n) is 6.96. The number of ketones is 2. The molecule has 7 heteroatoms. The van der Waals surface area contributed by atoms with E-state index in [4.69, 9.17) is 14.2 Å². The maximum atomic E-state index is 12.4. The van der Waals surface area contributed by atoms with E-state index in [2.05, 4.69) is 0 Å². The van der Waals surface area contributed by atoms with Crippen molar-refractivity contribution in [2.75, 3.05) is 14.2 Å². The number of carbonyl (C=O) groups is 2. The summed E-state index contributed by atoms with van der Waals surface area (Å²) >= 11 is 0. The van der Waals surface area contributed by atoms with Crippen molar-refractivity contribution in [2.24, 2.45) is 0 Å². The Bertz CT molecular complexity index is 762. The molecule has 1 unspecified atom stereocenters. The summed E-state index contributed by atoms with van der Waals surface area (Å²) in [6.07, 6.45) is 1.12. The normalized spacial score (nSPS) is 23.2. The summed E-state index contributed by atoms with van der Waals surface area (Å²) in [5, 5.41) is 21.0. The molecule has 0 aromatic heterocycles. The van der Waals surface area contributed by atoms with E-state index in [1.54, 1.807) is 6.92 Å². The Balaban J connectivity index is 2.27. The topological polar surface area (TPSA) is 102 Å². The molecule has 1 aromatic carbocycles. The smallest absolute Gasteiger partial charge is 0.232 e. The number of hydrogen-bond donors (Lipinski definition) is 2. The maximum Gasteiger partial charge on any atom is 0.232 e. The SMILES string of the molecule is COC1=CC(=O)c2c(O)c3c(c(O)c2C1=O)CC(C)(OC)OC3. The zero-order valence-electron chi connectivity index (χ0n) is 12.9. The number of carbonyl (C=O) groups excluding carboxylic acids is 2. The molecule has 23 heavy (non-hydrogen) atoms. The van der Waals surface area contributed by atoms with Crippen LogP contribution >= 0.6 is 0 Å². The highest BCUT2D eigenvalue weighted by Gasteiger charge is 2.40. The number of rotatable bonds is 2. The molecule has 0 fully saturated rings. The Morgan fingerprint density at radius 1 is 1.13 bits per heavy atom. The largest absolute Gasteiger partial charge is 0.507 e. The van der Waals surface area contributed by atoms with Crippen molar-refractivity contribution in [2.45, 2.75) is 25.7 Å². The summed E-state index contributed by atoms with van der Waals surface area (Å²) in [7, 11) is 2.72. The van der Waals surface area contributed by atoms with E-state index in [1.165, 1.54) is 14.2 Å². The zero-order chi connectivity index (χ0) is 16.9. The van der Waals surface area contributed by atoms with Crippen LogP contribution < -0.4 is 0 Å². The second-order valence-electron chi connectivity index (χ2n) is 5.61. The average Bonchev–Trinajstić information content (AvgIpc) is 2.54. The fraction of sp³-hybridized carbons (Fsp3) is 0.375. The van der Waals surface area contributed by atoms with Gasteiger partial charge in [0.05, 0.1) is 24.8 Å². The second-order valence-corrected chi connectivity index (χ2v) is 5.61. The maximum absolute atomic E-state index is 12.4. The van der Waals surface area contributed by atoms with Crippen molar-refractivity contribution in [1.29, 1.82) is 0 Å². The van der Waals surface area contributed by atoms with Crippen LogP contribution in [0.3, 0.4) is 0 Å². The van der Waals surface area contributed by atoms with Crippen molar-refractivity contribution >= 4 is 11.6 Å². The molecule has 0 spiro atoms. The standard InChI is InChI=1S/C16H16O7/c1-16(22-3)5-7-8(6-23-16)14(19)11-9(17)4-10(21-2)15(20)12(11)13(7)18/h4,18-19H,5-6H2,1-3H3. The fourth-order valence-electron chi connectivity index (χ4n) is 2.89. The van der Waals surface area contributed by atoms with Crippen LogP contribution in [-0.2, 0) is 27.2 Å². The van der Waals surface area contributed by atoms with Crippen LogP contribution in [0.5, 0.6) is 11.5 Å². The summed E-state index contributed by atoms with van der Waals surface area (Å²) in [6, 6.07) is 0. The molecule has 1 aliphatic heterocycles. The molecule has 1 heterocycles. The number of benzene rings is 1. The molecule has 0 amide bonds. The molecule has 7 nitrogen and oxygen atoms in total. The molecule has 2 aliphatic rings. The fourth-order valence-corrected chi connectivity index (χ4v) is 2.89. The van der Waals surface area contributed by atoms with Crippen LogP contribution in [0.25, 0.3) is 0 Å². The van der Waals surface area contributed by atoms with Crippen molar-refractivity contribution in [3.05, 3.63) is 34.1 Å². The van der Waals surface area contributed by atoms with E-state index in [0.717, 1.165) is 6.08 Å². The molecule has 122 valence electrons. The molecule has 1 aliphatic carbocycles. The number of methoxy groups -OCH3 is 2. The van der Waals surface area contributed by atoms with Crippen LogP contribution in [0.15, 0.2) is 11.8 Å². The molecule has 2 N–H and O–H groups in total. The van der Waals surface area contributed by atoms with Crippen LogP contribution in [0.2, 0.25) is 0 Å². The Morgan fingerprint density at radius 2 is 1.78 bits per heavy atom. The van der Waals surface area contributed by atoms with E-state index in [1.807, 2.05) is 0 Å². The lowest BCUT2D eigenvalue weighted by Gasteiger charge is -2.35. The number of phenols is 2. The van der Waals surface area contributed by atoms with Crippen LogP contribution in [0.4, 0.5) is 0 Å². The minimum absolute atomic E-state index is 0.0470. The molecule has 1 aromatic rings. The van der Waals surface area contributed by atoms with Gasteiger partial charge in [-0.3, -0.25) is 9.59 Å². The highest BCUT2D eigenvalue weighted by Crippen LogP contribution is 2.45. The molecule has 3 rings (SSSR count). The van der Waals surface area contributed by atoms with Gasteiger partial charge in [-0.05, 0) is 6.92 Å². The molecule has 0 saturated carbocycles. The van der Waals surface area contributed by atoms with Gasteiger partial charge in [0.15, 0.2) is 17.3 Å². The van der Waals surface area contributed by atoms with E-state index in [0.29, 0.717) is 5.56 Å². The average molecular weight is 320 g/mol. The Labute approximate surface area is 132 Å². The van der Waals surface area contributed by atoms with E-state index in [-0.39, 0.29) is 47.0 Å². The number of Topliss-reactive ketones (excluding diaryl/α,β-unsaturated/α-hetero) is 1. The molecular weight excluding hydrogens is 304 g/mol. The van der Waals surface area contributed by atoms with Crippen molar-refractivity contribution in [3.63, 3.8) is 0 Å². The first-order valence-corrected chi connectivity index (χ1v) is 6.96. The van der Waals surface area contributed by atoms with Gasteiger partial charge in [0.2, 0.25) is 5.78 Å². The van der Waals surface area contributed by atoms with E-state index >= 15 is 0 Å². The van der Waals surface area contributed by atoms with Crippen molar-refractivity contribution < 1.29 is 34.0 Å². The third-order valence-corrected chi connectivity index (χ3v) is 4.29. The van der Waals surface area contributed by atoms with Crippen molar-refractivity contribution in [3.8, 4) is 11.5 Å². The number of allylic oxidation sites excluding steroid dienone is 2. The summed E-state index contributed by atoms with van der Waals surface area (Å²) < 4.78 is 15.7. The molecular formula is C16H16O7. The molecule has 0 radical (unpaired) electrons. The first-order chi connectivity index (χ1) is 10.8. The first kappa shape index (κ1) is 15.5. The van der Waals surface area contributed by atoms with Gasteiger partial charge in [-0.15, -0.1) is 0 Å². The highest BCUT2D eigenvalue weighted by molar-refractivity contribution is 6.26. The number of ether oxygens (including phenoxy) is 3. The minimum atomic E-state index is -0.993. The van der Waals surface area contributed by atoms with Gasteiger partial charge >= 0.3 is 0 Å². The molecule has 0 bridgehead atoms. The Hall–Kier alpha value is -2.38. The Kier molecular flexibility index (Phi) is 3.42. The highest BCUT2D eigenvalue weighted by atomic mass is 16.7. The van der Waals surface area contributed by atoms with Gasteiger partial charge < -0.3 is 24.4 Å². The van der Waals surface area contributed by atoms with Gasteiger partial charge in [-0.1, -0.05) is 0 Å². The minimum Gasteiger partial charge on any atom is -0.507 e. The summed E-state index contributed by atoms with van der Waals surface area (Å²) in [6.45, 7) is 1.63. The third kappa shape index (κ3) is 2.12. The summed E-state index contributed by atoms with van der Waals surface area (Å²) in [4.78, 5) is 24.6. The van der Waals surface area contributed by atoms with Crippen LogP contribution in [0, 0.1) is 0 Å². The quantitative estimate of drug-likeness (QED) is 0.795. The third-order valence-electron chi connectivity index (χ3n) is 4.29. The van der Waals surface area contributed by atoms with Gasteiger partial charge in [0.25, 0.3) is 0 Å². The van der Waals surface area contributed by atoms with Gasteiger partial charge in [0.1, 0.15) is 11.5 Å². The van der Waals surface area contributed by atoms with E-state index in [9.17, 15) is 19.8 Å². The van der Waals surface area contributed by atoms with Crippen LogP contribution in [0.1, 0.15) is 38.8 Å². The number of fused-ring (bicyclic) bond motifs is 2. The number of phenolic OH excluding ortho intramolecular Hbond substituents is 2. The summed E-state index contributed by atoms with van der Waals surface area (Å²) in [5.41, 5.74) is 0.143. The van der Waals surface area contributed by atoms with E-state index < -0.39 is 17.4 Å². The predicted octanol–water partition coefficient (Wildman–Crippen LogP) is 1.44. The molecule has 1 atom stereocenters. The zero-order valence-corrected chi connectivity index (χ0v) is 12.9.